The van der Waals surface area contributed by atoms with Crippen molar-refractivity contribution in [2.45, 2.75) is 31.6 Å². The Hall–Kier alpha value is -2.97. The van der Waals surface area contributed by atoms with Gasteiger partial charge in [-0.3, -0.25) is 9.59 Å². The van der Waals surface area contributed by atoms with Crippen LogP contribution in [0.25, 0.3) is 11.0 Å². The molecule has 31 heavy (non-hydrogen) atoms. The summed E-state index contributed by atoms with van der Waals surface area (Å²) in [6.45, 7) is 4.88. The molecule has 1 aromatic heterocycles. The zero-order chi connectivity index (χ0) is 22.2. The molecular formula is C23H24N2O5S. The molecule has 2 heterocycles. The molecule has 1 unspecified atom stereocenters. The monoisotopic (exact) mass is 440 g/mol. The van der Waals surface area contributed by atoms with Crippen LogP contribution in [0.4, 0.5) is 5.69 Å². The number of hydrogen-bond acceptors (Lipinski definition) is 5. The molecule has 8 heteroatoms. The first-order valence-electron chi connectivity index (χ1n) is 10.2. The molecule has 1 fully saturated rings. The van der Waals surface area contributed by atoms with E-state index in [1.807, 2.05) is 6.92 Å². The van der Waals surface area contributed by atoms with Crippen LogP contribution in [-0.2, 0) is 10.0 Å². The van der Waals surface area contributed by atoms with Crippen LogP contribution in [-0.4, -0.2) is 31.7 Å². The van der Waals surface area contributed by atoms with Gasteiger partial charge in [-0.05, 0) is 61.6 Å². The van der Waals surface area contributed by atoms with Crippen LogP contribution in [0.2, 0.25) is 0 Å². The third-order valence-corrected chi connectivity index (χ3v) is 7.42. The van der Waals surface area contributed by atoms with Crippen molar-refractivity contribution >= 4 is 32.6 Å². The van der Waals surface area contributed by atoms with Crippen LogP contribution in [0.3, 0.4) is 0 Å². The number of carbonyl (C=O) groups is 1. The summed E-state index contributed by atoms with van der Waals surface area (Å²) in [4.78, 5) is 25.1. The van der Waals surface area contributed by atoms with Crippen LogP contribution in [0.5, 0.6) is 0 Å². The number of hydrogen-bond donors (Lipinski definition) is 1. The van der Waals surface area contributed by atoms with Crippen LogP contribution in [0.15, 0.2) is 62.6 Å². The van der Waals surface area contributed by atoms with E-state index in [0.717, 1.165) is 24.5 Å². The SMILES string of the molecule is Cc1cccc2c(=O)cc(C(=O)Nc3ccc(S(=O)(=O)N4CCCC(C)C4)cc3)oc12. The first kappa shape index (κ1) is 21.3. The molecule has 162 valence electrons. The maximum Gasteiger partial charge on any atom is 0.291 e. The summed E-state index contributed by atoms with van der Waals surface area (Å²) in [7, 11) is -3.57. The van der Waals surface area contributed by atoms with Crippen molar-refractivity contribution in [3.63, 3.8) is 0 Å². The molecule has 0 saturated carbocycles. The number of nitrogens with one attached hydrogen (secondary N) is 1. The number of amides is 1. The molecule has 0 radical (unpaired) electrons. The van der Waals surface area contributed by atoms with E-state index in [0.29, 0.717) is 35.7 Å². The lowest BCUT2D eigenvalue weighted by atomic mass is 10.0. The first-order valence-corrected chi connectivity index (χ1v) is 11.6. The summed E-state index contributed by atoms with van der Waals surface area (Å²) < 4.78 is 32.9. The highest BCUT2D eigenvalue weighted by atomic mass is 32.2. The number of anilines is 1. The predicted octanol–water partition coefficient (Wildman–Crippen LogP) is 3.77. The van der Waals surface area contributed by atoms with Crippen molar-refractivity contribution in [1.29, 1.82) is 0 Å². The molecule has 1 saturated heterocycles. The van der Waals surface area contributed by atoms with Gasteiger partial charge in [0.2, 0.25) is 10.0 Å². The molecule has 1 aliphatic rings. The molecule has 1 aliphatic heterocycles. The van der Waals surface area contributed by atoms with Crippen molar-refractivity contribution in [3.8, 4) is 0 Å². The zero-order valence-corrected chi connectivity index (χ0v) is 18.2. The van der Waals surface area contributed by atoms with Gasteiger partial charge in [0.05, 0.1) is 10.3 Å². The molecule has 4 rings (SSSR count). The number of para-hydroxylation sites is 1. The van der Waals surface area contributed by atoms with E-state index >= 15 is 0 Å². The normalized spacial score (nSPS) is 17.5. The lowest BCUT2D eigenvalue weighted by Crippen LogP contribution is -2.39. The Kier molecular flexibility index (Phi) is 5.68. The molecule has 0 aliphatic carbocycles. The number of sulfonamides is 1. The van der Waals surface area contributed by atoms with Gasteiger partial charge in [-0.2, -0.15) is 4.31 Å². The predicted molar refractivity (Wildman–Crippen MR) is 119 cm³/mol. The molecule has 1 N–H and O–H groups in total. The summed E-state index contributed by atoms with van der Waals surface area (Å²) in [5.41, 5.74) is 1.24. The molecule has 0 bridgehead atoms. The Morgan fingerprint density at radius 1 is 1.16 bits per heavy atom. The van der Waals surface area contributed by atoms with E-state index in [9.17, 15) is 18.0 Å². The maximum absolute atomic E-state index is 12.9. The van der Waals surface area contributed by atoms with Crippen molar-refractivity contribution in [1.82, 2.24) is 4.31 Å². The fraction of sp³-hybridized carbons (Fsp3) is 0.304. The average molecular weight is 441 g/mol. The number of carbonyl (C=O) groups excluding carboxylic acids is 1. The number of piperidine rings is 1. The Morgan fingerprint density at radius 2 is 1.90 bits per heavy atom. The summed E-state index contributed by atoms with van der Waals surface area (Å²) >= 11 is 0. The fourth-order valence-electron chi connectivity index (χ4n) is 3.85. The lowest BCUT2D eigenvalue weighted by Gasteiger charge is -2.30. The average Bonchev–Trinajstić information content (AvgIpc) is 2.75. The third kappa shape index (κ3) is 4.26. The van der Waals surface area contributed by atoms with E-state index in [1.165, 1.54) is 28.6 Å². The largest absolute Gasteiger partial charge is 0.450 e. The highest BCUT2D eigenvalue weighted by molar-refractivity contribution is 7.89. The molecule has 3 aromatic rings. The highest BCUT2D eigenvalue weighted by Gasteiger charge is 2.28. The zero-order valence-electron chi connectivity index (χ0n) is 17.4. The van der Waals surface area contributed by atoms with Crippen LogP contribution >= 0.6 is 0 Å². The minimum atomic E-state index is -3.57. The Morgan fingerprint density at radius 3 is 2.61 bits per heavy atom. The van der Waals surface area contributed by atoms with E-state index in [1.54, 1.807) is 25.1 Å². The molecule has 1 atom stereocenters. The molecule has 2 aromatic carbocycles. The van der Waals surface area contributed by atoms with Gasteiger partial charge in [-0.15, -0.1) is 0 Å². The van der Waals surface area contributed by atoms with Crippen LogP contribution in [0, 0.1) is 12.8 Å². The minimum absolute atomic E-state index is 0.106. The van der Waals surface area contributed by atoms with E-state index in [-0.39, 0.29) is 16.1 Å². The van der Waals surface area contributed by atoms with Crippen molar-refractivity contribution < 1.29 is 17.6 Å². The van der Waals surface area contributed by atoms with Gasteiger partial charge in [-0.25, -0.2) is 8.42 Å². The molecule has 1 amide bonds. The highest BCUT2D eigenvalue weighted by Crippen LogP contribution is 2.24. The number of rotatable bonds is 4. The Bertz CT molecular complexity index is 1300. The van der Waals surface area contributed by atoms with Crippen molar-refractivity contribution in [3.05, 3.63) is 70.1 Å². The van der Waals surface area contributed by atoms with Crippen molar-refractivity contribution in [2.75, 3.05) is 18.4 Å². The summed E-state index contributed by atoms with van der Waals surface area (Å²) in [6.07, 6.45) is 1.88. The van der Waals surface area contributed by atoms with Gasteiger partial charge in [-0.1, -0.05) is 19.1 Å². The second kappa shape index (κ2) is 8.28. The lowest BCUT2D eigenvalue weighted by molar-refractivity contribution is 0.0997. The molecule has 0 spiro atoms. The van der Waals surface area contributed by atoms with Crippen LogP contribution < -0.4 is 10.7 Å². The minimum Gasteiger partial charge on any atom is -0.450 e. The topological polar surface area (TPSA) is 96.7 Å². The second-order valence-electron chi connectivity index (χ2n) is 8.02. The number of aryl methyl sites for hydroxylation is 1. The van der Waals surface area contributed by atoms with Gasteiger partial charge in [0.1, 0.15) is 5.58 Å². The number of nitrogens with zero attached hydrogens (tertiary/aromatic N) is 1. The Labute approximate surface area is 180 Å². The molecule has 7 nitrogen and oxygen atoms in total. The Balaban J connectivity index is 1.54. The summed E-state index contributed by atoms with van der Waals surface area (Å²) in [5.74, 6) is -0.351. The van der Waals surface area contributed by atoms with E-state index < -0.39 is 15.9 Å². The van der Waals surface area contributed by atoms with E-state index in [2.05, 4.69) is 5.32 Å². The molecular weight excluding hydrogens is 416 g/mol. The van der Waals surface area contributed by atoms with Gasteiger partial charge in [0.25, 0.3) is 5.91 Å². The first-order chi connectivity index (χ1) is 14.8. The number of fused-ring (bicyclic) bond motifs is 1. The standard InChI is InChI=1S/C23H24N2O5S/c1-15-5-4-12-25(14-15)31(28,29)18-10-8-17(9-11-18)24-23(27)21-13-20(26)19-7-3-6-16(2)22(19)30-21/h3,6-11,13,15H,4-5,12,14H2,1-2H3,(H,24,27). The maximum atomic E-state index is 12.9. The summed E-state index contributed by atoms with van der Waals surface area (Å²) in [6, 6.07) is 12.4. The second-order valence-corrected chi connectivity index (χ2v) is 9.95. The van der Waals surface area contributed by atoms with Crippen LogP contribution in [0.1, 0.15) is 35.9 Å². The van der Waals surface area contributed by atoms with Gasteiger partial charge in [0.15, 0.2) is 11.2 Å². The van der Waals surface area contributed by atoms with Crippen molar-refractivity contribution in [2.24, 2.45) is 5.92 Å². The number of benzene rings is 2. The quantitative estimate of drug-likeness (QED) is 0.666. The summed E-state index contributed by atoms with van der Waals surface area (Å²) in [5, 5.41) is 3.07. The van der Waals surface area contributed by atoms with Gasteiger partial charge < -0.3 is 9.73 Å². The fourth-order valence-corrected chi connectivity index (χ4v) is 5.45. The van der Waals surface area contributed by atoms with Gasteiger partial charge >= 0.3 is 0 Å². The third-order valence-electron chi connectivity index (χ3n) is 5.55. The smallest absolute Gasteiger partial charge is 0.291 e. The van der Waals surface area contributed by atoms with E-state index in [4.69, 9.17) is 4.42 Å². The van der Waals surface area contributed by atoms with Gasteiger partial charge in [0, 0.05) is 24.8 Å².